The normalized spacial score (nSPS) is 11.7. The van der Waals surface area contributed by atoms with E-state index in [9.17, 15) is 0 Å². The maximum absolute atomic E-state index is 2.33. The Balaban J connectivity index is 1.05. The summed E-state index contributed by atoms with van der Waals surface area (Å²) >= 11 is 0. The van der Waals surface area contributed by atoms with Crippen molar-refractivity contribution in [3.05, 3.63) is 252 Å². The molecule has 0 saturated carbocycles. The van der Waals surface area contributed by atoms with Gasteiger partial charge in [0.2, 0.25) is 0 Å². The Morgan fingerprint density at radius 2 is 0.500 bits per heavy atom. The summed E-state index contributed by atoms with van der Waals surface area (Å²) in [4.78, 5) is 0. The zero-order valence-electron chi connectivity index (χ0n) is 29.9. The molecule has 0 heteroatoms. The van der Waals surface area contributed by atoms with E-state index in [0.29, 0.717) is 0 Å². The van der Waals surface area contributed by atoms with Gasteiger partial charge in [-0.3, -0.25) is 0 Å². The first-order valence-corrected chi connectivity index (χ1v) is 18.9. The van der Waals surface area contributed by atoms with Crippen LogP contribution in [0.15, 0.2) is 218 Å². The first kappa shape index (κ1) is 31.9. The van der Waals surface area contributed by atoms with E-state index in [1.54, 1.807) is 0 Å². The number of hydrogen-bond donors (Lipinski definition) is 0. The lowest BCUT2D eigenvalue weighted by Gasteiger charge is -2.20. The maximum atomic E-state index is 2.33. The summed E-state index contributed by atoms with van der Waals surface area (Å²) in [5.41, 5.74) is 12.8. The van der Waals surface area contributed by atoms with E-state index in [4.69, 9.17) is 0 Å². The molecule has 54 heavy (non-hydrogen) atoms. The van der Waals surface area contributed by atoms with Gasteiger partial charge in [-0.05, 0) is 88.0 Å². The zero-order valence-corrected chi connectivity index (χ0v) is 29.9. The highest BCUT2D eigenvalue weighted by Gasteiger charge is 2.20. The van der Waals surface area contributed by atoms with Crippen LogP contribution in [0.2, 0.25) is 0 Å². The van der Waals surface area contributed by atoms with Crippen molar-refractivity contribution in [1.29, 1.82) is 0 Å². The lowest BCUT2D eigenvalue weighted by Crippen LogP contribution is -2.03. The Kier molecular flexibility index (Phi) is 8.08. The molecule has 0 N–H and O–H groups in total. The van der Waals surface area contributed by atoms with Gasteiger partial charge in [0.1, 0.15) is 0 Å². The summed E-state index contributed by atoms with van der Waals surface area (Å²) in [6.45, 7) is 0. The fourth-order valence-corrected chi connectivity index (χ4v) is 8.75. The molecule has 0 amide bonds. The molecular weight excluding hydrogens is 649 g/mol. The molecule has 0 heterocycles. The Morgan fingerprint density at radius 1 is 0.222 bits per heavy atom. The fourth-order valence-electron chi connectivity index (χ4n) is 8.75. The molecule has 0 unspecified atom stereocenters. The molecule has 0 aliphatic heterocycles. The van der Waals surface area contributed by atoms with E-state index in [2.05, 4.69) is 218 Å². The molecule has 10 aromatic carbocycles. The molecule has 0 fully saturated rings. The van der Waals surface area contributed by atoms with E-state index in [0.717, 1.165) is 0 Å². The lowest BCUT2D eigenvalue weighted by molar-refractivity contribution is 0.978. The van der Waals surface area contributed by atoms with Crippen molar-refractivity contribution in [2.45, 2.75) is 11.8 Å². The summed E-state index contributed by atoms with van der Waals surface area (Å²) in [7, 11) is 0. The summed E-state index contributed by atoms with van der Waals surface area (Å²) in [5, 5.41) is 7.81. The van der Waals surface area contributed by atoms with Gasteiger partial charge in [0.25, 0.3) is 0 Å². The Labute approximate surface area is 317 Å². The number of benzene rings is 10. The van der Waals surface area contributed by atoms with E-state index in [1.807, 2.05) is 0 Å². The number of rotatable bonds is 8. The van der Waals surface area contributed by atoms with Crippen molar-refractivity contribution < 1.29 is 0 Å². The van der Waals surface area contributed by atoms with Crippen molar-refractivity contribution >= 4 is 32.3 Å². The molecule has 0 aromatic heterocycles. The Bertz CT molecular complexity index is 2540. The molecule has 0 nitrogen and oxygen atoms in total. The van der Waals surface area contributed by atoms with Gasteiger partial charge in [0.15, 0.2) is 0 Å². The van der Waals surface area contributed by atoms with Gasteiger partial charge in [-0.15, -0.1) is 0 Å². The molecule has 10 rings (SSSR count). The average Bonchev–Trinajstić information content (AvgIpc) is 3.25. The van der Waals surface area contributed by atoms with Gasteiger partial charge in [-0.25, -0.2) is 0 Å². The first-order valence-electron chi connectivity index (χ1n) is 18.9. The van der Waals surface area contributed by atoms with E-state index in [-0.39, 0.29) is 11.8 Å². The Morgan fingerprint density at radius 3 is 0.815 bits per heavy atom. The number of hydrogen-bond acceptors (Lipinski definition) is 0. The molecule has 0 bridgehead atoms. The quantitative estimate of drug-likeness (QED) is 0.110. The second-order valence-corrected chi connectivity index (χ2v) is 14.4. The summed E-state index contributed by atoms with van der Waals surface area (Å²) < 4.78 is 0. The minimum Gasteiger partial charge on any atom is -0.0622 e. The van der Waals surface area contributed by atoms with Gasteiger partial charge in [-0.1, -0.05) is 218 Å². The van der Waals surface area contributed by atoms with E-state index < -0.39 is 0 Å². The molecule has 254 valence electrons. The molecule has 0 aliphatic rings. The fraction of sp³-hybridized carbons (Fsp3) is 0.0370. The van der Waals surface area contributed by atoms with Crippen LogP contribution in [0.1, 0.15) is 45.2 Å². The van der Waals surface area contributed by atoms with Crippen LogP contribution < -0.4 is 0 Å². The topological polar surface area (TPSA) is 0 Å². The van der Waals surface area contributed by atoms with E-state index in [1.165, 1.54) is 88.0 Å². The van der Waals surface area contributed by atoms with Gasteiger partial charge in [0.05, 0.1) is 0 Å². The summed E-state index contributed by atoms with van der Waals surface area (Å²) in [5.74, 6) is 0.357. The average molecular weight is 687 g/mol. The van der Waals surface area contributed by atoms with Crippen LogP contribution in [0.5, 0.6) is 0 Å². The van der Waals surface area contributed by atoms with Crippen LogP contribution in [0.4, 0.5) is 0 Å². The van der Waals surface area contributed by atoms with Crippen molar-refractivity contribution in [1.82, 2.24) is 0 Å². The highest BCUT2D eigenvalue weighted by molar-refractivity contribution is 6.27. The molecule has 10 aromatic rings. The second kappa shape index (κ2) is 13.7. The third-order valence-electron chi connectivity index (χ3n) is 11.3. The molecule has 0 radical (unpaired) electrons. The highest BCUT2D eigenvalue weighted by atomic mass is 14.2. The second-order valence-electron chi connectivity index (χ2n) is 14.4. The third kappa shape index (κ3) is 5.65. The van der Waals surface area contributed by atoms with Crippen LogP contribution in [0.3, 0.4) is 0 Å². The van der Waals surface area contributed by atoms with Crippen LogP contribution >= 0.6 is 0 Å². The van der Waals surface area contributed by atoms with Crippen LogP contribution in [-0.2, 0) is 0 Å². The van der Waals surface area contributed by atoms with Crippen LogP contribution in [-0.4, -0.2) is 0 Å². The first-order chi connectivity index (χ1) is 26.8. The van der Waals surface area contributed by atoms with Crippen molar-refractivity contribution in [3.8, 4) is 22.3 Å². The minimum absolute atomic E-state index is 0.179. The van der Waals surface area contributed by atoms with Crippen LogP contribution in [0, 0.1) is 0 Å². The molecule has 0 atom stereocenters. The third-order valence-corrected chi connectivity index (χ3v) is 11.3. The van der Waals surface area contributed by atoms with Gasteiger partial charge >= 0.3 is 0 Å². The predicted octanol–water partition coefficient (Wildman–Crippen LogP) is 14.3. The summed E-state index contributed by atoms with van der Waals surface area (Å²) in [6, 6.07) is 80.4. The lowest BCUT2D eigenvalue weighted by atomic mass is 9.83. The molecule has 0 saturated heterocycles. The van der Waals surface area contributed by atoms with Crippen molar-refractivity contribution in [3.63, 3.8) is 0 Å². The van der Waals surface area contributed by atoms with Crippen molar-refractivity contribution in [2.24, 2.45) is 0 Å². The van der Waals surface area contributed by atoms with Crippen LogP contribution in [0.25, 0.3) is 54.6 Å². The van der Waals surface area contributed by atoms with E-state index >= 15 is 0 Å². The SMILES string of the molecule is c1ccc(C(c2ccccc2)c2ccc(-c3ccc4ccc5c(-c6ccc(C(c7ccccc7)c7ccccc7)cc6)ccc6ccc3c4c65)cc2)cc1. The summed E-state index contributed by atoms with van der Waals surface area (Å²) in [6.07, 6.45) is 0. The smallest absolute Gasteiger partial charge is 0.0339 e. The maximum Gasteiger partial charge on any atom is 0.0339 e. The molecule has 0 spiro atoms. The molecular formula is C54H38. The minimum atomic E-state index is 0.179. The predicted molar refractivity (Wildman–Crippen MR) is 229 cm³/mol. The highest BCUT2D eigenvalue weighted by Crippen LogP contribution is 2.43. The Hall–Kier alpha value is -6.76. The van der Waals surface area contributed by atoms with Gasteiger partial charge < -0.3 is 0 Å². The standard InChI is InChI=1S/C54H38/c1-5-13-39(14-6-1)51(40-15-7-2-8-16-40)43-25-21-37(22-26-43)47-33-29-45-32-36-50-48(34-30-46-31-35-49(47)53(45)54(46)50)38-23-27-44(28-24-38)52(41-17-9-3-10-18-41)42-19-11-4-12-20-42/h1-36,51-52H. The monoisotopic (exact) mass is 686 g/mol. The van der Waals surface area contributed by atoms with Gasteiger partial charge in [-0.2, -0.15) is 0 Å². The molecule has 0 aliphatic carbocycles. The zero-order chi connectivity index (χ0) is 35.8. The van der Waals surface area contributed by atoms with Crippen molar-refractivity contribution in [2.75, 3.05) is 0 Å². The van der Waals surface area contributed by atoms with Gasteiger partial charge in [0, 0.05) is 11.8 Å². The largest absolute Gasteiger partial charge is 0.0622 e.